The van der Waals surface area contributed by atoms with Gasteiger partial charge in [-0.1, -0.05) is 59.5 Å². The zero-order valence-electron chi connectivity index (χ0n) is 16.1. The second-order valence-electron chi connectivity index (χ2n) is 6.34. The van der Waals surface area contributed by atoms with E-state index in [9.17, 15) is 9.59 Å². The molecule has 1 aliphatic rings. The molecule has 0 saturated heterocycles. The molecule has 1 aliphatic carbocycles. The first-order chi connectivity index (χ1) is 14.5. The van der Waals surface area contributed by atoms with Gasteiger partial charge < -0.3 is 10.5 Å². The van der Waals surface area contributed by atoms with Crippen LogP contribution in [0, 0.1) is 0 Å². The summed E-state index contributed by atoms with van der Waals surface area (Å²) in [6.45, 7) is 2.17. The highest BCUT2D eigenvalue weighted by Gasteiger charge is 2.16. The van der Waals surface area contributed by atoms with E-state index in [1.54, 1.807) is 36.9 Å². The maximum absolute atomic E-state index is 12.6. The third-order valence-electron chi connectivity index (χ3n) is 4.26. The number of thioether (sulfide) groups is 1. The molecule has 3 aromatic rings. The van der Waals surface area contributed by atoms with Crippen molar-refractivity contribution in [1.29, 1.82) is 0 Å². The number of nitrogens with two attached hydrogens (primary N) is 1. The molecule has 152 valence electrons. The maximum Gasteiger partial charge on any atom is 0.283 e. The number of fused-ring (bicyclic) bond motifs is 1. The summed E-state index contributed by atoms with van der Waals surface area (Å²) < 4.78 is 7.59. The zero-order valence-corrected chi connectivity index (χ0v) is 17.7. The van der Waals surface area contributed by atoms with Gasteiger partial charge in [0, 0.05) is 5.75 Å². The lowest BCUT2D eigenvalue weighted by Gasteiger charge is -2.10. The summed E-state index contributed by atoms with van der Waals surface area (Å²) in [6, 6.07) is 10.1. The Morgan fingerprint density at radius 1 is 1.23 bits per heavy atom. The van der Waals surface area contributed by atoms with Gasteiger partial charge in [-0.15, -0.1) is 5.10 Å². The molecule has 0 bridgehead atoms. The van der Waals surface area contributed by atoms with E-state index in [-0.39, 0.29) is 22.9 Å². The van der Waals surface area contributed by atoms with Crippen LogP contribution in [0.25, 0.3) is 11.0 Å². The number of carbonyl (C=O) groups is 1. The Morgan fingerprint density at radius 3 is 2.80 bits per heavy atom. The second-order valence-corrected chi connectivity index (χ2v) is 8.51. The monoisotopic (exact) mass is 438 g/mol. The molecule has 0 unspecified atom stereocenters. The van der Waals surface area contributed by atoms with E-state index in [4.69, 9.17) is 10.5 Å². The van der Waals surface area contributed by atoms with Crippen LogP contribution in [0.3, 0.4) is 0 Å². The Labute approximate surface area is 180 Å². The molecule has 30 heavy (non-hydrogen) atoms. The molecular weight excluding hydrogens is 420 g/mol. The average Bonchev–Trinajstić information content (AvgIpc) is 3.16. The number of hydrogen-bond donors (Lipinski definition) is 1. The Morgan fingerprint density at radius 2 is 2.03 bits per heavy atom. The largest absolute Gasteiger partial charge is 0.490 e. The van der Waals surface area contributed by atoms with Gasteiger partial charge in [-0.2, -0.15) is 9.50 Å². The van der Waals surface area contributed by atoms with Gasteiger partial charge in [-0.3, -0.25) is 9.59 Å². The minimum atomic E-state index is -0.445. The Kier molecular flexibility index (Phi) is 5.82. The summed E-state index contributed by atoms with van der Waals surface area (Å²) in [4.78, 5) is 29.0. The summed E-state index contributed by atoms with van der Waals surface area (Å²) >= 11 is 2.88. The van der Waals surface area contributed by atoms with Crippen molar-refractivity contribution in [3.05, 3.63) is 81.4 Å². The number of aromatic nitrogens is 3. The molecule has 2 N–H and O–H groups in total. The van der Waals surface area contributed by atoms with Gasteiger partial charge >= 0.3 is 0 Å². The first kappa shape index (κ1) is 20.1. The van der Waals surface area contributed by atoms with Crippen molar-refractivity contribution in [3.8, 4) is 0 Å². The minimum Gasteiger partial charge on any atom is -0.490 e. The second kappa shape index (κ2) is 8.68. The summed E-state index contributed by atoms with van der Waals surface area (Å²) in [6.07, 6.45) is 6.19. The summed E-state index contributed by atoms with van der Waals surface area (Å²) in [7, 11) is 0. The van der Waals surface area contributed by atoms with E-state index < -0.39 is 5.56 Å². The van der Waals surface area contributed by atoms with Crippen LogP contribution < -0.4 is 11.3 Å². The van der Waals surface area contributed by atoms with Crippen LogP contribution >= 0.6 is 23.1 Å². The zero-order chi connectivity index (χ0) is 21.1. The third-order valence-corrected chi connectivity index (χ3v) is 6.37. The number of anilines is 1. The van der Waals surface area contributed by atoms with E-state index in [1.807, 2.05) is 30.3 Å². The molecule has 1 aromatic carbocycles. The first-order valence-electron chi connectivity index (χ1n) is 9.20. The van der Waals surface area contributed by atoms with Gasteiger partial charge in [0.2, 0.25) is 10.7 Å². The first-order valence-corrected chi connectivity index (χ1v) is 11.0. The van der Waals surface area contributed by atoms with Gasteiger partial charge in [0.15, 0.2) is 10.1 Å². The lowest BCUT2D eigenvalue weighted by molar-refractivity contribution is -0.114. The molecule has 0 atom stereocenters. The van der Waals surface area contributed by atoms with Crippen molar-refractivity contribution in [2.45, 2.75) is 17.0 Å². The van der Waals surface area contributed by atoms with Crippen LogP contribution in [0.2, 0.25) is 0 Å². The van der Waals surface area contributed by atoms with Crippen LogP contribution in [0.4, 0.5) is 5.82 Å². The average molecular weight is 439 g/mol. The molecule has 2 heterocycles. The number of ketones is 1. The van der Waals surface area contributed by atoms with Gasteiger partial charge in [0.1, 0.15) is 5.82 Å². The normalized spacial score (nSPS) is 15.0. The van der Waals surface area contributed by atoms with E-state index >= 15 is 0 Å². The molecule has 7 nitrogen and oxygen atoms in total. The van der Waals surface area contributed by atoms with Gasteiger partial charge in [-0.05, 0) is 36.3 Å². The highest BCUT2D eigenvalue weighted by Crippen LogP contribution is 2.28. The molecule has 9 heteroatoms. The van der Waals surface area contributed by atoms with Crippen molar-refractivity contribution < 1.29 is 9.53 Å². The smallest absolute Gasteiger partial charge is 0.283 e. The summed E-state index contributed by atoms with van der Waals surface area (Å²) in [5, 5.41) is 4.51. The predicted octanol–water partition coefficient (Wildman–Crippen LogP) is 3.47. The van der Waals surface area contributed by atoms with Crippen LogP contribution in [0.1, 0.15) is 18.1 Å². The minimum absolute atomic E-state index is 0.206. The molecule has 0 fully saturated rings. The van der Waals surface area contributed by atoms with Crippen molar-refractivity contribution in [1.82, 2.24) is 14.6 Å². The predicted molar refractivity (Wildman–Crippen MR) is 119 cm³/mol. The molecule has 0 aliphatic heterocycles. The van der Waals surface area contributed by atoms with Gasteiger partial charge in [0.05, 0.1) is 12.2 Å². The highest BCUT2D eigenvalue weighted by molar-refractivity contribution is 8.00. The van der Waals surface area contributed by atoms with Crippen LogP contribution in [0.5, 0.6) is 0 Å². The Bertz CT molecular complexity index is 1260. The Balaban J connectivity index is 1.66. The SMILES string of the molecule is CCOC1=C/C(=C/c2c(N)n3nc(SCc4ccccc4)sc3nc2=O)C=CC1=O. The fourth-order valence-corrected chi connectivity index (χ4v) is 4.72. The number of carbonyl (C=O) groups excluding carboxylic acids is 1. The lowest BCUT2D eigenvalue weighted by Crippen LogP contribution is -2.17. The number of nitrogen functional groups attached to an aromatic ring is 1. The molecular formula is C21H18N4O3S2. The lowest BCUT2D eigenvalue weighted by atomic mass is 10.0. The fraction of sp³-hybridized carbons (Fsp3) is 0.143. The molecule has 0 amide bonds. The number of allylic oxidation sites excluding steroid dienone is 4. The van der Waals surface area contributed by atoms with E-state index in [2.05, 4.69) is 10.1 Å². The van der Waals surface area contributed by atoms with Gasteiger partial charge in [-0.25, -0.2) is 0 Å². The number of hydrogen-bond acceptors (Lipinski definition) is 8. The van der Waals surface area contributed by atoms with Crippen molar-refractivity contribution >= 4 is 45.7 Å². The number of ether oxygens (including phenoxy) is 1. The standard InChI is InChI=1S/C21H18N4O3S2/c1-2-28-17-11-14(8-9-16(17)26)10-15-18(22)25-20(23-19(15)27)30-21(24-25)29-12-13-6-4-3-5-7-13/h3-11H,2,12,22H2,1H3/b14-10+. The molecule has 0 saturated carbocycles. The highest BCUT2D eigenvalue weighted by atomic mass is 32.2. The molecule has 0 radical (unpaired) electrons. The summed E-state index contributed by atoms with van der Waals surface area (Å²) in [5.41, 5.74) is 7.83. The quantitative estimate of drug-likeness (QED) is 0.588. The van der Waals surface area contributed by atoms with E-state index in [0.29, 0.717) is 17.1 Å². The maximum atomic E-state index is 12.6. The molecule has 4 rings (SSSR count). The van der Waals surface area contributed by atoms with Gasteiger partial charge in [0.25, 0.3) is 5.56 Å². The number of nitrogens with zero attached hydrogens (tertiary/aromatic N) is 3. The molecule has 2 aromatic heterocycles. The van der Waals surface area contributed by atoms with Crippen molar-refractivity contribution in [2.24, 2.45) is 0 Å². The van der Waals surface area contributed by atoms with Crippen LogP contribution in [0.15, 0.2) is 69.0 Å². The third kappa shape index (κ3) is 4.22. The Hall–Kier alpha value is -3.17. The van der Waals surface area contributed by atoms with Crippen molar-refractivity contribution in [2.75, 3.05) is 12.3 Å². The van der Waals surface area contributed by atoms with Crippen molar-refractivity contribution in [3.63, 3.8) is 0 Å². The van der Waals surface area contributed by atoms with Crippen LogP contribution in [-0.2, 0) is 15.3 Å². The fourth-order valence-electron chi connectivity index (χ4n) is 2.83. The molecule has 0 spiro atoms. The van der Waals surface area contributed by atoms with Crippen LogP contribution in [-0.4, -0.2) is 27.0 Å². The van der Waals surface area contributed by atoms with E-state index in [1.165, 1.54) is 27.5 Å². The topological polar surface area (TPSA) is 99.6 Å². The summed E-state index contributed by atoms with van der Waals surface area (Å²) in [5.74, 6) is 0.975. The number of rotatable bonds is 6. The van der Waals surface area contributed by atoms with E-state index in [0.717, 1.165) is 10.1 Å². The number of benzene rings is 1.